The van der Waals surface area contributed by atoms with Crippen LogP contribution in [0.25, 0.3) is 0 Å². The van der Waals surface area contributed by atoms with Crippen molar-refractivity contribution in [1.82, 2.24) is 0 Å². The predicted molar refractivity (Wildman–Crippen MR) is 50.4 cm³/mol. The molecule has 1 rings (SSSR count). The van der Waals surface area contributed by atoms with Crippen molar-refractivity contribution in [2.45, 2.75) is 18.7 Å². The lowest BCUT2D eigenvalue weighted by atomic mass is 10.2. The Morgan fingerprint density at radius 3 is 2.55 bits per heavy atom. The van der Waals surface area contributed by atoms with Gasteiger partial charge in [-0.15, -0.1) is 0 Å². The Morgan fingerprint density at radius 2 is 2.00 bits per heavy atom. The highest BCUT2D eigenvalue weighted by Crippen LogP contribution is 2.10. The molecule has 0 aliphatic heterocycles. The van der Waals surface area contributed by atoms with Crippen molar-refractivity contribution in [2.24, 2.45) is 0 Å². The third-order valence-corrected chi connectivity index (χ3v) is 3.34. The lowest BCUT2D eigenvalue weighted by Crippen LogP contribution is -2.05. The van der Waals surface area contributed by atoms with Crippen LogP contribution >= 0.6 is 0 Å². The molecule has 1 nitrogen and oxygen atoms in total. The first-order valence-electron chi connectivity index (χ1n) is 4.07. The van der Waals surface area contributed by atoms with Gasteiger partial charge in [-0.05, 0) is 5.56 Å². The third-order valence-electron chi connectivity index (χ3n) is 1.75. The van der Waals surface area contributed by atoms with Crippen LogP contribution in [0.4, 0.5) is 0 Å². The fourth-order valence-electron chi connectivity index (χ4n) is 1.12. The van der Waals surface area contributed by atoms with Crippen LogP contribution in [-0.4, -0.2) is 14.6 Å². The van der Waals surface area contributed by atoms with Crippen LogP contribution < -0.4 is 0 Å². The van der Waals surface area contributed by atoms with E-state index in [2.05, 4.69) is 6.92 Å². The first kappa shape index (κ1) is 8.49. The second-order valence-corrected chi connectivity index (χ2v) is 5.07. The van der Waals surface area contributed by atoms with Gasteiger partial charge in [-0.3, -0.25) is 0 Å². The van der Waals surface area contributed by atoms with Crippen LogP contribution in [-0.2, 0) is 0 Å². The third kappa shape index (κ3) is 2.48. The standard InChI is InChI=1S/C9H14OSi/c1-2-11-9(10)8-6-4-3-5-7-8/h3-7,9-10H,2,11H2,1H3. The first-order valence-corrected chi connectivity index (χ1v) is 5.89. The Labute approximate surface area is 69.9 Å². The summed E-state index contributed by atoms with van der Waals surface area (Å²) in [5.74, 6) is 0. The zero-order valence-corrected chi connectivity index (χ0v) is 8.24. The molecule has 60 valence electrons. The molecule has 0 heterocycles. The van der Waals surface area contributed by atoms with Crippen LogP contribution in [0.5, 0.6) is 0 Å². The molecule has 0 aliphatic rings. The lowest BCUT2D eigenvalue weighted by Gasteiger charge is -2.07. The summed E-state index contributed by atoms with van der Waals surface area (Å²) in [4.78, 5) is 0. The van der Waals surface area contributed by atoms with E-state index in [-0.39, 0.29) is 15.2 Å². The van der Waals surface area contributed by atoms with E-state index in [1.165, 1.54) is 0 Å². The van der Waals surface area contributed by atoms with Gasteiger partial charge in [0.25, 0.3) is 0 Å². The molecule has 11 heavy (non-hydrogen) atoms. The van der Waals surface area contributed by atoms with Crippen LogP contribution in [0.1, 0.15) is 18.2 Å². The predicted octanol–water partition coefficient (Wildman–Crippen LogP) is 1.28. The molecule has 0 aliphatic carbocycles. The zero-order chi connectivity index (χ0) is 8.10. The molecule has 0 amide bonds. The number of benzene rings is 1. The molecule has 0 radical (unpaired) electrons. The highest BCUT2D eigenvalue weighted by molar-refractivity contribution is 6.36. The summed E-state index contributed by atoms with van der Waals surface area (Å²) in [7, 11) is -0.297. The second kappa shape index (κ2) is 4.31. The number of rotatable bonds is 3. The van der Waals surface area contributed by atoms with Crippen molar-refractivity contribution in [3.05, 3.63) is 35.9 Å². The Kier molecular flexibility index (Phi) is 3.33. The van der Waals surface area contributed by atoms with E-state index >= 15 is 0 Å². The van der Waals surface area contributed by atoms with E-state index in [0.29, 0.717) is 0 Å². The summed E-state index contributed by atoms with van der Waals surface area (Å²) in [5.41, 5.74) is 0.946. The molecule has 1 aromatic rings. The van der Waals surface area contributed by atoms with Gasteiger partial charge in [0.05, 0.1) is 15.2 Å². The molecule has 1 unspecified atom stereocenters. The van der Waals surface area contributed by atoms with E-state index < -0.39 is 0 Å². The molecule has 0 aromatic heterocycles. The number of hydrogen-bond donors (Lipinski definition) is 1. The molecular weight excluding hydrogens is 152 g/mol. The number of aliphatic hydroxyl groups excluding tert-OH is 1. The van der Waals surface area contributed by atoms with E-state index in [4.69, 9.17) is 0 Å². The minimum atomic E-state index is -0.297. The van der Waals surface area contributed by atoms with Crippen molar-refractivity contribution >= 4 is 9.52 Å². The molecule has 0 saturated carbocycles. The molecule has 1 N–H and O–H groups in total. The topological polar surface area (TPSA) is 20.2 Å². The summed E-state index contributed by atoms with van der Waals surface area (Å²) in [6, 6.07) is 11.1. The summed E-state index contributed by atoms with van der Waals surface area (Å²) in [6.45, 7) is 2.14. The van der Waals surface area contributed by atoms with Gasteiger partial charge >= 0.3 is 0 Å². The fraction of sp³-hybridized carbons (Fsp3) is 0.333. The van der Waals surface area contributed by atoms with E-state index in [0.717, 1.165) is 11.6 Å². The smallest absolute Gasteiger partial charge is 0.0623 e. The van der Waals surface area contributed by atoms with Crippen LogP contribution in [0.15, 0.2) is 30.3 Å². The van der Waals surface area contributed by atoms with Crippen LogP contribution in [0, 0.1) is 0 Å². The van der Waals surface area contributed by atoms with Crippen LogP contribution in [0.2, 0.25) is 6.04 Å². The lowest BCUT2D eigenvalue weighted by molar-refractivity contribution is 0.258. The van der Waals surface area contributed by atoms with E-state index in [1.807, 2.05) is 30.3 Å². The molecular formula is C9H14OSi. The van der Waals surface area contributed by atoms with Crippen molar-refractivity contribution in [3.8, 4) is 0 Å². The van der Waals surface area contributed by atoms with Crippen molar-refractivity contribution in [2.75, 3.05) is 0 Å². The molecule has 0 bridgehead atoms. The molecule has 0 spiro atoms. The van der Waals surface area contributed by atoms with Gasteiger partial charge in [0.2, 0.25) is 0 Å². The summed E-state index contributed by atoms with van der Waals surface area (Å²) < 4.78 is 0. The fourth-order valence-corrected chi connectivity index (χ4v) is 2.27. The van der Waals surface area contributed by atoms with Gasteiger partial charge in [0.15, 0.2) is 0 Å². The van der Waals surface area contributed by atoms with Crippen molar-refractivity contribution in [3.63, 3.8) is 0 Å². The van der Waals surface area contributed by atoms with Gasteiger partial charge in [-0.1, -0.05) is 43.3 Å². The van der Waals surface area contributed by atoms with Crippen LogP contribution in [0.3, 0.4) is 0 Å². The summed E-state index contributed by atoms with van der Waals surface area (Å²) >= 11 is 0. The highest BCUT2D eigenvalue weighted by atomic mass is 28.2. The quantitative estimate of drug-likeness (QED) is 0.671. The largest absolute Gasteiger partial charge is 0.393 e. The average molecular weight is 166 g/mol. The highest BCUT2D eigenvalue weighted by Gasteiger charge is 2.03. The Hall–Kier alpha value is -0.603. The molecule has 0 fully saturated rings. The van der Waals surface area contributed by atoms with Gasteiger partial charge in [-0.2, -0.15) is 0 Å². The zero-order valence-electron chi connectivity index (χ0n) is 6.83. The maximum atomic E-state index is 9.58. The van der Waals surface area contributed by atoms with Gasteiger partial charge in [0, 0.05) is 0 Å². The molecule has 1 atom stereocenters. The Balaban J connectivity index is 2.61. The normalized spacial score (nSPS) is 14.0. The average Bonchev–Trinajstić information content (AvgIpc) is 2.07. The minimum Gasteiger partial charge on any atom is -0.393 e. The minimum absolute atomic E-state index is 0.138. The van der Waals surface area contributed by atoms with Gasteiger partial charge < -0.3 is 5.11 Å². The number of aliphatic hydroxyl groups is 1. The first-order chi connectivity index (χ1) is 5.34. The molecule has 0 saturated heterocycles. The van der Waals surface area contributed by atoms with Gasteiger partial charge in [0.1, 0.15) is 0 Å². The SMILES string of the molecule is CC[SiH2]C(O)c1ccccc1. The summed E-state index contributed by atoms with van der Waals surface area (Å²) in [5, 5.41) is 9.58. The Morgan fingerprint density at radius 1 is 1.36 bits per heavy atom. The van der Waals surface area contributed by atoms with E-state index in [9.17, 15) is 5.11 Å². The molecule has 1 aromatic carbocycles. The summed E-state index contributed by atoms with van der Waals surface area (Å²) in [6.07, 6.45) is 0. The maximum Gasteiger partial charge on any atom is 0.0623 e. The monoisotopic (exact) mass is 166 g/mol. The van der Waals surface area contributed by atoms with E-state index in [1.54, 1.807) is 0 Å². The van der Waals surface area contributed by atoms with Gasteiger partial charge in [-0.25, -0.2) is 0 Å². The second-order valence-electron chi connectivity index (χ2n) is 2.72. The number of hydrogen-bond acceptors (Lipinski definition) is 1. The van der Waals surface area contributed by atoms with Crippen molar-refractivity contribution in [1.29, 1.82) is 0 Å². The van der Waals surface area contributed by atoms with Crippen molar-refractivity contribution < 1.29 is 5.11 Å². The Bertz CT molecular complexity index is 198. The maximum absolute atomic E-state index is 9.58. The molecule has 2 heteroatoms.